The first-order valence-corrected chi connectivity index (χ1v) is 9.55. The van der Waals surface area contributed by atoms with Crippen LogP contribution in [0.2, 0.25) is 0 Å². The number of anilines is 1. The molecule has 1 saturated heterocycles. The molecular formula is C18H21N7OS. The zero-order valence-electron chi connectivity index (χ0n) is 15.4. The molecule has 0 spiro atoms. The van der Waals surface area contributed by atoms with Crippen molar-refractivity contribution in [1.82, 2.24) is 28.5 Å². The highest BCUT2D eigenvalue weighted by Gasteiger charge is 2.22. The van der Waals surface area contributed by atoms with Crippen molar-refractivity contribution < 1.29 is 4.79 Å². The number of nitrogens with zero attached hydrogens (tertiary/aromatic N) is 7. The van der Waals surface area contributed by atoms with Gasteiger partial charge in [0.25, 0.3) is 5.91 Å². The maximum absolute atomic E-state index is 12.7. The van der Waals surface area contributed by atoms with Crippen LogP contribution in [-0.4, -0.2) is 74.7 Å². The number of carbonyl (C=O) groups excluding carboxylic acids is 1. The summed E-state index contributed by atoms with van der Waals surface area (Å²) in [5, 5.41) is 0. The molecule has 8 nitrogen and oxygen atoms in total. The average Bonchev–Trinajstić information content (AvgIpc) is 3.16. The Kier molecular flexibility index (Phi) is 4.95. The van der Waals surface area contributed by atoms with Crippen molar-refractivity contribution >= 4 is 34.5 Å². The molecule has 0 unspecified atom stereocenters. The van der Waals surface area contributed by atoms with Crippen LogP contribution < -0.4 is 4.90 Å². The van der Waals surface area contributed by atoms with E-state index in [1.807, 2.05) is 35.0 Å². The van der Waals surface area contributed by atoms with Gasteiger partial charge >= 0.3 is 0 Å². The van der Waals surface area contributed by atoms with Gasteiger partial charge in [-0.15, -0.1) is 0 Å². The molecule has 0 aliphatic carbocycles. The van der Waals surface area contributed by atoms with E-state index < -0.39 is 0 Å². The van der Waals surface area contributed by atoms with Crippen molar-refractivity contribution in [2.75, 3.05) is 45.2 Å². The van der Waals surface area contributed by atoms with Crippen LogP contribution in [0.4, 0.5) is 5.82 Å². The van der Waals surface area contributed by atoms with Crippen LogP contribution in [0.15, 0.2) is 30.6 Å². The van der Waals surface area contributed by atoms with E-state index in [0.717, 1.165) is 42.8 Å². The molecule has 9 heteroatoms. The maximum Gasteiger partial charge on any atom is 0.274 e. The van der Waals surface area contributed by atoms with E-state index in [1.54, 1.807) is 12.4 Å². The fraction of sp³-hybridized carbons (Fsp3) is 0.389. The number of piperazine rings is 1. The van der Waals surface area contributed by atoms with Gasteiger partial charge in [0.05, 0.1) is 24.1 Å². The van der Waals surface area contributed by atoms with Crippen molar-refractivity contribution in [2.24, 2.45) is 0 Å². The molecule has 2 aromatic heterocycles. The van der Waals surface area contributed by atoms with Crippen LogP contribution in [0.3, 0.4) is 0 Å². The molecule has 0 N–H and O–H groups in total. The van der Waals surface area contributed by atoms with Crippen molar-refractivity contribution in [1.29, 1.82) is 0 Å². The molecule has 3 heterocycles. The summed E-state index contributed by atoms with van der Waals surface area (Å²) in [6.07, 6.45) is 3.23. The lowest BCUT2D eigenvalue weighted by molar-refractivity contribution is 0.0658. The lowest BCUT2D eigenvalue weighted by Crippen LogP contribution is -2.47. The predicted octanol–water partition coefficient (Wildman–Crippen LogP) is 1.51. The first-order valence-electron chi connectivity index (χ1n) is 8.82. The minimum atomic E-state index is -0.0548. The van der Waals surface area contributed by atoms with E-state index in [-0.39, 0.29) is 5.91 Å². The number of carbonyl (C=O) groups is 1. The molecule has 1 fully saturated rings. The van der Waals surface area contributed by atoms with Crippen molar-refractivity contribution in [3.8, 4) is 0 Å². The molecule has 3 aromatic rings. The summed E-state index contributed by atoms with van der Waals surface area (Å²) >= 11 is 1.21. The molecule has 0 atom stereocenters. The van der Waals surface area contributed by atoms with Gasteiger partial charge in [0, 0.05) is 39.8 Å². The topological polar surface area (TPSA) is 78.4 Å². The molecular weight excluding hydrogens is 362 g/mol. The summed E-state index contributed by atoms with van der Waals surface area (Å²) in [4.78, 5) is 27.6. The minimum Gasteiger partial charge on any atom is -0.354 e. The number of rotatable bonds is 4. The summed E-state index contributed by atoms with van der Waals surface area (Å²) in [5.41, 5.74) is 3.31. The highest BCUT2D eigenvalue weighted by atomic mass is 32.1. The number of hydrogen-bond donors (Lipinski definition) is 0. The van der Waals surface area contributed by atoms with E-state index in [9.17, 15) is 4.79 Å². The molecule has 140 valence electrons. The second kappa shape index (κ2) is 7.53. The molecule has 0 radical (unpaired) electrons. The van der Waals surface area contributed by atoms with Crippen LogP contribution in [0.25, 0.3) is 11.0 Å². The van der Waals surface area contributed by atoms with Crippen molar-refractivity contribution in [3.63, 3.8) is 0 Å². The monoisotopic (exact) mass is 383 g/mol. The highest BCUT2D eigenvalue weighted by Crippen LogP contribution is 2.17. The number of benzene rings is 1. The second-order valence-electron chi connectivity index (χ2n) is 6.80. The van der Waals surface area contributed by atoms with Gasteiger partial charge in [0.1, 0.15) is 22.5 Å². The normalized spacial score (nSPS) is 15.3. The number of hydrogen-bond acceptors (Lipinski definition) is 8. The standard InChI is InChI=1S/C18H21N7OS/c1-23-5-7-25(8-6-23)18(26)16-10-19-11-17(20-16)24(2)12-13-3-4-14-15(9-13)22-27-21-14/h3-4,9-11H,5-8,12H2,1-2H3. The van der Waals surface area contributed by atoms with Crippen LogP contribution in [0, 0.1) is 0 Å². The third kappa shape index (κ3) is 3.88. The Bertz CT molecular complexity index is 952. The van der Waals surface area contributed by atoms with Gasteiger partial charge in [0.2, 0.25) is 0 Å². The van der Waals surface area contributed by atoms with Crippen LogP contribution in [0.1, 0.15) is 16.1 Å². The van der Waals surface area contributed by atoms with Gasteiger partial charge in [-0.1, -0.05) is 6.07 Å². The van der Waals surface area contributed by atoms with Crippen LogP contribution >= 0.6 is 11.7 Å². The summed E-state index contributed by atoms with van der Waals surface area (Å²) in [6, 6.07) is 6.04. The van der Waals surface area contributed by atoms with Gasteiger partial charge < -0.3 is 14.7 Å². The molecule has 0 saturated carbocycles. The number of likely N-dealkylation sites (N-methyl/N-ethyl adjacent to an activating group) is 1. The van der Waals surface area contributed by atoms with Crippen LogP contribution in [0.5, 0.6) is 0 Å². The largest absolute Gasteiger partial charge is 0.354 e. The molecule has 1 amide bonds. The maximum atomic E-state index is 12.7. The Balaban J connectivity index is 1.48. The van der Waals surface area contributed by atoms with E-state index in [2.05, 4.69) is 30.7 Å². The van der Waals surface area contributed by atoms with Gasteiger partial charge in [0.15, 0.2) is 0 Å². The Morgan fingerprint density at radius 1 is 1.15 bits per heavy atom. The molecule has 1 aliphatic heterocycles. The summed E-state index contributed by atoms with van der Waals surface area (Å²) in [5.74, 6) is 0.618. The fourth-order valence-electron chi connectivity index (χ4n) is 3.10. The lowest BCUT2D eigenvalue weighted by atomic mass is 10.2. The summed E-state index contributed by atoms with van der Waals surface area (Å²) < 4.78 is 8.51. The molecule has 1 aliphatic rings. The smallest absolute Gasteiger partial charge is 0.274 e. The predicted molar refractivity (Wildman–Crippen MR) is 105 cm³/mol. The van der Waals surface area contributed by atoms with E-state index in [1.165, 1.54) is 11.7 Å². The van der Waals surface area contributed by atoms with Crippen LogP contribution in [-0.2, 0) is 6.54 Å². The summed E-state index contributed by atoms with van der Waals surface area (Å²) in [7, 11) is 4.01. The molecule has 27 heavy (non-hydrogen) atoms. The third-order valence-corrected chi connectivity index (χ3v) is 5.32. The van der Waals surface area contributed by atoms with E-state index >= 15 is 0 Å². The van der Waals surface area contributed by atoms with Crippen molar-refractivity contribution in [3.05, 3.63) is 41.9 Å². The van der Waals surface area contributed by atoms with Gasteiger partial charge in [-0.05, 0) is 24.7 Å². The average molecular weight is 383 g/mol. The minimum absolute atomic E-state index is 0.0548. The Labute approximate surface area is 161 Å². The Morgan fingerprint density at radius 2 is 1.93 bits per heavy atom. The number of aromatic nitrogens is 4. The van der Waals surface area contributed by atoms with E-state index in [4.69, 9.17) is 0 Å². The molecule has 1 aromatic carbocycles. The molecule has 4 rings (SSSR count). The highest BCUT2D eigenvalue weighted by molar-refractivity contribution is 7.00. The Morgan fingerprint density at radius 3 is 2.74 bits per heavy atom. The third-order valence-electron chi connectivity index (χ3n) is 4.76. The quantitative estimate of drug-likeness (QED) is 0.676. The number of amides is 1. The zero-order valence-corrected chi connectivity index (χ0v) is 16.2. The van der Waals surface area contributed by atoms with E-state index in [0.29, 0.717) is 18.1 Å². The zero-order chi connectivity index (χ0) is 18.8. The first kappa shape index (κ1) is 17.7. The summed E-state index contributed by atoms with van der Waals surface area (Å²) in [6.45, 7) is 3.85. The first-order chi connectivity index (χ1) is 13.1. The number of fused-ring (bicyclic) bond motifs is 1. The van der Waals surface area contributed by atoms with Gasteiger partial charge in [-0.2, -0.15) is 8.75 Å². The SMILES string of the molecule is CN1CCN(C(=O)c2cncc(N(C)Cc3ccc4nsnc4c3)n2)CC1. The van der Waals surface area contributed by atoms with Gasteiger partial charge in [-0.3, -0.25) is 9.78 Å². The van der Waals surface area contributed by atoms with Crippen molar-refractivity contribution in [2.45, 2.75) is 6.54 Å². The fourth-order valence-corrected chi connectivity index (χ4v) is 3.61. The Hall–Kier alpha value is -2.65. The second-order valence-corrected chi connectivity index (χ2v) is 7.33. The lowest BCUT2D eigenvalue weighted by Gasteiger charge is -2.32. The molecule has 0 bridgehead atoms. The van der Waals surface area contributed by atoms with Gasteiger partial charge in [-0.25, -0.2) is 4.98 Å².